The van der Waals surface area contributed by atoms with E-state index in [1.165, 1.54) is 66.4 Å². The number of piperazine rings is 3. The Balaban J connectivity index is 0.000000202. The van der Waals surface area contributed by atoms with Crippen molar-refractivity contribution in [3.63, 3.8) is 0 Å². The fourth-order valence-corrected chi connectivity index (χ4v) is 20.1. The molecule has 0 saturated carbocycles. The molecular formula is C95H135F6N23O6S3. The summed E-state index contributed by atoms with van der Waals surface area (Å²) in [4.78, 5) is 93.6. The van der Waals surface area contributed by atoms with Crippen molar-refractivity contribution in [2.75, 3.05) is 195 Å². The SMILES string of the molecule is C.C.C.C=C(F)C(=O)N1CCN(c2nc(OC[C@@H]3CC(C)(F)CN3C)nc3c2CCN(c2c(C)c(C)cc4[nH]ccc24)C3)CC1.C=C(F)C(=O)N1CCN(c2nc(OC[C@@H]3CC(C)(F)CN3C)nc3c2CCN(c2c(C)c(C)cc4[nH]ncc24)C3)CC1.Cc1cc2[nH]ncc2c(N2CCc3c(nc(OC[C@@H]4CC(C)(F)CN4C)nc3N3CCN(C(=O)/C=C/CF)CC3)C2)c1C.S.S.S. The van der Waals surface area contributed by atoms with Crippen LogP contribution in [0.15, 0.2) is 79.8 Å². The molecule has 3 aromatic carbocycles. The predicted octanol–water partition coefficient (Wildman–Crippen LogP) is 13.3. The summed E-state index contributed by atoms with van der Waals surface area (Å²) >= 11 is 0. The van der Waals surface area contributed by atoms with Crippen molar-refractivity contribution in [1.82, 2.24) is 84.7 Å². The molecule has 38 heteroatoms. The first-order valence-electron chi connectivity index (χ1n) is 44.1. The zero-order valence-electron chi connectivity index (χ0n) is 76.4. The van der Waals surface area contributed by atoms with Gasteiger partial charge in [0.25, 0.3) is 11.8 Å². The Kier molecular flexibility index (Phi) is 34.0. The van der Waals surface area contributed by atoms with Crippen LogP contribution in [-0.4, -0.2) is 303 Å². The molecule has 3 unspecified atom stereocenters. The smallest absolute Gasteiger partial charge is 0.318 e. The second-order valence-corrected chi connectivity index (χ2v) is 36.6. The molecule has 6 atom stereocenters. The number of carbonyl (C=O) groups is 3. The van der Waals surface area contributed by atoms with Gasteiger partial charge in [-0.15, -0.1) is 0 Å². The molecule has 18 rings (SSSR count). The standard InChI is InChI=1S/C31H40F2N8O2.C31H39F2N7O2.C30H38F2N8O2.3CH4.3H2S/c1-20-14-25-24(16-34-37-25)28(21(20)2)41-9-7-23-26(17-41)35-30(43-18-22-15-31(3,33)19-38(22)4)36-29(23)40-12-10-39(11-13-40)27(42)6-5-8-32;1-19-14-25-23(6-8-34-25)27(20(19)2)40-9-7-24-26(16-40)35-30(42-17-22-15-31(4,33)18-37(22)5)36-28(24)38-10-12-39(13-11-38)29(41)21(3)32;1-18-12-24-23(14-33-36-24)26(19(18)2)40-7-6-22-25(15-40)34-29(42-16-21-13-30(4,32)17-37(21)5)35-27(22)38-8-10-39(11-9-38)28(41)20(3)31;;;;;;/h5-6,14,16,22H,7-13,15,17-19H2,1-4H3,(H,34,37);6,8,14,22,34H,3,7,9-13,15-18H2,1-2,4-5H3;12,14,21H,3,6-11,13,15-17H2,1-2,4-5H3,(H,33,36);3*1H4;3*1H2/b6-5+;;;;;;;;/t2*22-,31?;21-,30?;;;;;;/m000....../s1. The molecule has 0 bridgehead atoms. The lowest BCUT2D eigenvalue weighted by Gasteiger charge is -2.38. The molecule has 9 aliphatic heterocycles. The van der Waals surface area contributed by atoms with Gasteiger partial charge in [-0.3, -0.25) is 39.3 Å². The first-order valence-corrected chi connectivity index (χ1v) is 44.1. The van der Waals surface area contributed by atoms with Gasteiger partial charge in [-0.2, -0.15) is 80.6 Å². The van der Waals surface area contributed by atoms with Crippen LogP contribution >= 0.6 is 40.5 Å². The number of aromatic amines is 3. The summed E-state index contributed by atoms with van der Waals surface area (Å²) in [5.74, 6) is -0.991. The molecule has 133 heavy (non-hydrogen) atoms. The minimum atomic E-state index is -1.25. The molecule has 0 aliphatic carbocycles. The van der Waals surface area contributed by atoms with Crippen molar-refractivity contribution in [1.29, 1.82) is 0 Å². The summed E-state index contributed by atoms with van der Waals surface area (Å²) in [7, 11) is 5.73. The van der Waals surface area contributed by atoms with Crippen LogP contribution in [0.3, 0.4) is 0 Å². The number of anilines is 6. The maximum atomic E-state index is 14.7. The summed E-state index contributed by atoms with van der Waals surface area (Å²) in [5, 5.41) is 18.1. The summed E-state index contributed by atoms with van der Waals surface area (Å²) in [6.07, 6.45) is 11.7. The number of aryl methyl sites for hydroxylation is 3. The Labute approximate surface area is 798 Å². The number of nitrogens with zero attached hydrogens (tertiary/aromatic N) is 20. The van der Waals surface area contributed by atoms with Crippen LogP contribution in [0.1, 0.15) is 129 Å². The number of likely N-dealkylation sites (tertiary alicyclic amines) is 3. The Morgan fingerprint density at radius 3 is 1.08 bits per heavy atom. The summed E-state index contributed by atoms with van der Waals surface area (Å²) in [6.45, 7) is 35.2. The normalized spacial score (nSPS) is 22.0. The topological polar surface area (TPSA) is 268 Å². The minimum absolute atomic E-state index is 0. The van der Waals surface area contributed by atoms with E-state index < -0.39 is 47.1 Å². The molecule has 9 aromatic rings. The lowest BCUT2D eigenvalue weighted by molar-refractivity contribution is -0.129. The van der Waals surface area contributed by atoms with E-state index in [2.05, 4.69) is 134 Å². The second kappa shape index (κ2) is 43.2. The van der Waals surface area contributed by atoms with Gasteiger partial charge >= 0.3 is 18.0 Å². The van der Waals surface area contributed by atoms with E-state index in [-0.39, 0.29) is 111 Å². The molecule has 0 radical (unpaired) electrons. The van der Waals surface area contributed by atoms with Crippen LogP contribution in [-0.2, 0) is 53.3 Å². The molecule has 6 saturated heterocycles. The van der Waals surface area contributed by atoms with Gasteiger partial charge in [0.15, 0.2) is 11.7 Å². The van der Waals surface area contributed by atoms with E-state index in [0.29, 0.717) is 150 Å². The van der Waals surface area contributed by atoms with Crippen LogP contribution in [0.4, 0.5) is 60.9 Å². The number of hydrogen-bond acceptors (Lipinski definition) is 23. The first kappa shape index (κ1) is 105. The van der Waals surface area contributed by atoms with E-state index in [1.807, 2.05) is 54.4 Å². The number of halogens is 6. The first-order chi connectivity index (χ1) is 60.6. The molecule has 3 amide bonds. The van der Waals surface area contributed by atoms with Gasteiger partial charge in [0.1, 0.15) is 61.0 Å². The van der Waals surface area contributed by atoms with Gasteiger partial charge in [0.05, 0.1) is 71.5 Å². The number of alkyl halides is 4. The molecule has 29 nitrogen and oxygen atoms in total. The van der Waals surface area contributed by atoms with Gasteiger partial charge in [-0.1, -0.05) is 35.4 Å². The van der Waals surface area contributed by atoms with Crippen molar-refractivity contribution < 1.29 is 54.9 Å². The number of H-pyrrole nitrogens is 3. The number of aromatic nitrogens is 11. The number of allylic oxidation sites excluding steroid dienone is 1. The zero-order valence-corrected chi connectivity index (χ0v) is 79.4. The second-order valence-electron chi connectivity index (χ2n) is 36.6. The predicted molar refractivity (Wildman–Crippen MR) is 531 cm³/mol. The Morgan fingerprint density at radius 2 is 0.774 bits per heavy atom. The van der Waals surface area contributed by atoms with Crippen LogP contribution < -0.4 is 43.6 Å². The maximum Gasteiger partial charge on any atom is 0.318 e. The quantitative estimate of drug-likeness (QED) is 0.0501. The Morgan fingerprint density at radius 1 is 0.459 bits per heavy atom. The number of ether oxygens (including phenoxy) is 3. The lowest BCUT2D eigenvalue weighted by atomic mass is 9.99. The van der Waals surface area contributed by atoms with Crippen molar-refractivity contribution >= 4 is 125 Å². The molecular weight excluding hydrogens is 1770 g/mol. The summed E-state index contributed by atoms with van der Waals surface area (Å²) in [6, 6.07) is 9.17. The number of rotatable bonds is 19. The van der Waals surface area contributed by atoms with E-state index in [1.54, 1.807) is 25.7 Å². The number of likely N-dealkylation sites (N-methyl/N-ethyl adjacent to an activating group) is 3. The van der Waals surface area contributed by atoms with Gasteiger partial charge in [-0.05, 0) is 166 Å². The minimum Gasteiger partial charge on any atom is -0.462 e. The maximum absolute atomic E-state index is 14.7. The average molecular weight is 1910 g/mol. The van der Waals surface area contributed by atoms with Crippen molar-refractivity contribution in [2.45, 2.75) is 178 Å². The highest BCUT2D eigenvalue weighted by molar-refractivity contribution is 7.59. The van der Waals surface area contributed by atoms with Crippen LogP contribution in [0.2, 0.25) is 0 Å². The van der Waals surface area contributed by atoms with E-state index >= 15 is 0 Å². The van der Waals surface area contributed by atoms with E-state index in [9.17, 15) is 40.7 Å². The van der Waals surface area contributed by atoms with Gasteiger partial charge < -0.3 is 63.3 Å². The van der Waals surface area contributed by atoms with Crippen LogP contribution in [0.5, 0.6) is 18.0 Å². The largest absolute Gasteiger partial charge is 0.462 e. The molecule has 15 heterocycles. The third kappa shape index (κ3) is 22.6. The molecule has 9 aliphatic rings. The zero-order chi connectivity index (χ0) is 89.8. The number of carbonyl (C=O) groups excluding carboxylic acids is 3. The van der Waals surface area contributed by atoms with Crippen molar-refractivity contribution in [3.8, 4) is 18.0 Å². The summed E-state index contributed by atoms with van der Waals surface area (Å²) < 4.78 is 102. The Bertz CT molecular complexity index is 5470. The molecule has 6 fully saturated rings. The molecule has 6 aromatic heterocycles. The average Bonchev–Trinajstić information content (AvgIpc) is 1.58. The fourth-order valence-electron chi connectivity index (χ4n) is 20.1. The highest BCUT2D eigenvalue weighted by Crippen LogP contribution is 2.43. The van der Waals surface area contributed by atoms with Crippen molar-refractivity contribution in [2.24, 2.45) is 0 Å². The number of hydrogen-bond donors (Lipinski definition) is 3. The van der Waals surface area contributed by atoms with E-state index in [4.69, 9.17) is 44.1 Å². The highest BCUT2D eigenvalue weighted by Gasteiger charge is 2.44. The lowest BCUT2D eigenvalue weighted by Crippen LogP contribution is -2.49. The third-order valence-corrected chi connectivity index (χ3v) is 27.1. The molecule has 726 valence electrons. The van der Waals surface area contributed by atoms with Gasteiger partial charge in [0, 0.05) is 212 Å². The van der Waals surface area contributed by atoms with Gasteiger partial charge in [-0.25, -0.2) is 26.3 Å². The summed E-state index contributed by atoms with van der Waals surface area (Å²) in [5.41, 5.74) is 16.0. The van der Waals surface area contributed by atoms with Gasteiger partial charge in [0.2, 0.25) is 5.91 Å². The van der Waals surface area contributed by atoms with E-state index in [0.717, 1.165) is 129 Å². The Hall–Kier alpha value is -10.3. The third-order valence-electron chi connectivity index (χ3n) is 27.1. The highest BCUT2D eigenvalue weighted by atomic mass is 32.1. The number of benzene rings is 3. The monoisotopic (exact) mass is 1900 g/mol. The number of amides is 3. The van der Waals surface area contributed by atoms with Crippen molar-refractivity contribution in [3.05, 3.63) is 147 Å². The van der Waals surface area contributed by atoms with Crippen LogP contribution in [0, 0.1) is 41.5 Å². The number of nitrogens with one attached hydrogen (secondary N) is 3. The number of fused-ring (bicyclic) bond motifs is 6. The molecule has 3 N–H and O–H groups in total. The fraction of sp³-hybridized carbons (Fsp3) is 0.547. The molecule has 0 spiro atoms. The van der Waals surface area contributed by atoms with Crippen LogP contribution in [0.25, 0.3) is 32.7 Å².